The third-order valence-electron chi connectivity index (χ3n) is 6.49. The van der Waals surface area contributed by atoms with Crippen molar-refractivity contribution in [2.24, 2.45) is 5.92 Å². The Balaban J connectivity index is 1.46. The predicted octanol–water partition coefficient (Wildman–Crippen LogP) is 4.02. The van der Waals surface area contributed by atoms with Gasteiger partial charge in [0, 0.05) is 11.9 Å². The van der Waals surface area contributed by atoms with E-state index in [1.54, 1.807) is 12.1 Å². The van der Waals surface area contributed by atoms with Crippen molar-refractivity contribution in [1.29, 1.82) is 0 Å². The van der Waals surface area contributed by atoms with Gasteiger partial charge in [-0.25, -0.2) is 8.42 Å². The van der Waals surface area contributed by atoms with Crippen LogP contribution in [0.5, 0.6) is 0 Å². The number of H-pyrrole nitrogens is 1. The molecule has 2 aromatic carbocycles. The summed E-state index contributed by atoms with van der Waals surface area (Å²) in [7, 11) is -3.27. The summed E-state index contributed by atoms with van der Waals surface area (Å²) in [6.45, 7) is 0.477. The van der Waals surface area contributed by atoms with E-state index >= 15 is 0 Å². The Kier molecular flexibility index (Phi) is 5.17. The van der Waals surface area contributed by atoms with E-state index in [0.29, 0.717) is 35.8 Å². The van der Waals surface area contributed by atoms with Crippen molar-refractivity contribution >= 4 is 38.3 Å². The van der Waals surface area contributed by atoms with Gasteiger partial charge >= 0.3 is 0 Å². The Bertz CT molecular complexity index is 1200. The van der Waals surface area contributed by atoms with Crippen LogP contribution in [-0.2, 0) is 14.8 Å². The van der Waals surface area contributed by atoms with Gasteiger partial charge in [-0.2, -0.15) is 5.10 Å². The smallest absolute Gasteiger partial charge is 0.235 e. The third kappa shape index (κ3) is 3.80. The molecule has 1 aliphatic carbocycles. The monoisotopic (exact) mass is 438 g/mol. The molecule has 1 amide bonds. The minimum Gasteiger partial charge on any atom is -0.308 e. The van der Waals surface area contributed by atoms with Gasteiger partial charge in [0.25, 0.3) is 0 Å². The van der Waals surface area contributed by atoms with E-state index in [9.17, 15) is 13.2 Å². The second-order valence-electron chi connectivity index (χ2n) is 8.47. The molecule has 0 radical (unpaired) electrons. The number of fused-ring (bicyclic) bond motifs is 1. The van der Waals surface area contributed by atoms with Crippen molar-refractivity contribution in [2.45, 2.75) is 38.0 Å². The molecular formula is C23H26N4O3S. The molecule has 3 aromatic rings. The summed E-state index contributed by atoms with van der Waals surface area (Å²) >= 11 is 0. The Hall–Kier alpha value is -2.87. The Morgan fingerprint density at radius 1 is 1.10 bits per heavy atom. The van der Waals surface area contributed by atoms with E-state index in [1.165, 1.54) is 4.31 Å². The number of hydrogen-bond acceptors (Lipinski definition) is 4. The van der Waals surface area contributed by atoms with E-state index in [0.717, 1.165) is 36.8 Å². The molecule has 7 nitrogen and oxygen atoms in total. The quantitative estimate of drug-likeness (QED) is 0.629. The molecule has 2 N–H and O–H groups in total. The zero-order valence-electron chi connectivity index (χ0n) is 17.3. The molecule has 1 atom stereocenters. The van der Waals surface area contributed by atoms with E-state index < -0.39 is 10.0 Å². The fraction of sp³-hybridized carbons (Fsp3) is 0.391. The molecule has 31 heavy (non-hydrogen) atoms. The van der Waals surface area contributed by atoms with Crippen LogP contribution in [0.15, 0.2) is 48.5 Å². The summed E-state index contributed by atoms with van der Waals surface area (Å²) in [5, 5.41) is 11.0. The van der Waals surface area contributed by atoms with Crippen LogP contribution in [0, 0.1) is 5.92 Å². The number of amides is 1. The summed E-state index contributed by atoms with van der Waals surface area (Å²) in [6, 6.07) is 15.3. The Morgan fingerprint density at radius 2 is 1.87 bits per heavy atom. The summed E-state index contributed by atoms with van der Waals surface area (Å²) in [5.41, 5.74) is 2.39. The average Bonchev–Trinajstić information content (AvgIpc) is 3.50. The molecule has 8 heteroatoms. The van der Waals surface area contributed by atoms with Crippen molar-refractivity contribution in [3.8, 4) is 0 Å². The van der Waals surface area contributed by atoms with Gasteiger partial charge in [-0.15, -0.1) is 0 Å². The van der Waals surface area contributed by atoms with Crippen LogP contribution < -0.4 is 9.62 Å². The van der Waals surface area contributed by atoms with Gasteiger partial charge in [-0.05, 0) is 48.9 Å². The second-order valence-corrected chi connectivity index (χ2v) is 10.5. The first-order valence-corrected chi connectivity index (χ1v) is 12.5. The molecule has 2 aliphatic rings. The molecule has 5 rings (SSSR count). The number of nitrogens with one attached hydrogen (secondary N) is 2. The van der Waals surface area contributed by atoms with Crippen LogP contribution in [0.1, 0.15) is 43.6 Å². The van der Waals surface area contributed by atoms with Crippen LogP contribution in [0.3, 0.4) is 0 Å². The number of benzene rings is 2. The standard InChI is InChI=1S/C23H26N4O3S/c28-23(21(17-9-4-5-10-17)16-7-2-1-3-8-16)24-22-19-15-18(11-12-20(19)25-26-22)27-13-6-14-31(27,29)30/h1-3,7-8,11-12,15,17,21H,4-6,9-10,13-14H2,(H2,24,25,26,28). The van der Waals surface area contributed by atoms with Gasteiger partial charge in [0.15, 0.2) is 5.82 Å². The highest BCUT2D eigenvalue weighted by molar-refractivity contribution is 7.93. The van der Waals surface area contributed by atoms with Gasteiger partial charge in [0.05, 0.1) is 22.9 Å². The van der Waals surface area contributed by atoms with E-state index in [1.807, 2.05) is 36.4 Å². The summed E-state index contributed by atoms with van der Waals surface area (Å²) in [5.74, 6) is 0.638. The molecule has 2 heterocycles. The Morgan fingerprint density at radius 3 is 2.58 bits per heavy atom. The molecule has 1 aliphatic heterocycles. The van der Waals surface area contributed by atoms with E-state index in [-0.39, 0.29) is 17.6 Å². The molecule has 2 fully saturated rings. The molecule has 1 unspecified atom stereocenters. The maximum atomic E-state index is 13.4. The Labute approximate surface area is 181 Å². The number of anilines is 2. The topological polar surface area (TPSA) is 95.2 Å². The molecule has 1 saturated heterocycles. The van der Waals surface area contributed by atoms with Gasteiger partial charge in [0.1, 0.15) is 0 Å². The maximum absolute atomic E-state index is 13.4. The lowest BCUT2D eigenvalue weighted by atomic mass is 9.84. The number of aromatic amines is 1. The lowest BCUT2D eigenvalue weighted by molar-refractivity contribution is -0.118. The normalized spacial score (nSPS) is 19.7. The number of aromatic nitrogens is 2. The van der Waals surface area contributed by atoms with Crippen LogP contribution in [0.25, 0.3) is 10.9 Å². The maximum Gasteiger partial charge on any atom is 0.235 e. The number of rotatable bonds is 5. The second kappa shape index (κ2) is 8.00. The van der Waals surface area contributed by atoms with Gasteiger partial charge in [-0.3, -0.25) is 14.2 Å². The van der Waals surface area contributed by atoms with Crippen molar-refractivity contribution in [3.63, 3.8) is 0 Å². The predicted molar refractivity (Wildman–Crippen MR) is 122 cm³/mol. The lowest BCUT2D eigenvalue weighted by Crippen LogP contribution is -2.27. The minimum absolute atomic E-state index is 0.0642. The minimum atomic E-state index is -3.27. The number of carbonyl (C=O) groups excluding carboxylic acids is 1. The molecule has 0 bridgehead atoms. The molecule has 1 aromatic heterocycles. The van der Waals surface area contributed by atoms with E-state index in [2.05, 4.69) is 15.5 Å². The van der Waals surface area contributed by atoms with Crippen molar-refractivity contribution < 1.29 is 13.2 Å². The molecule has 0 spiro atoms. The largest absolute Gasteiger partial charge is 0.308 e. The lowest BCUT2D eigenvalue weighted by Gasteiger charge is -2.23. The zero-order chi connectivity index (χ0) is 21.4. The van der Waals surface area contributed by atoms with Crippen LogP contribution in [0.4, 0.5) is 11.5 Å². The van der Waals surface area contributed by atoms with Crippen molar-refractivity contribution in [1.82, 2.24) is 10.2 Å². The first-order chi connectivity index (χ1) is 15.0. The fourth-order valence-electron chi connectivity index (χ4n) is 4.97. The number of nitrogens with zero attached hydrogens (tertiary/aromatic N) is 2. The number of sulfonamides is 1. The number of hydrogen-bond donors (Lipinski definition) is 2. The molecule has 162 valence electrons. The summed E-state index contributed by atoms with van der Waals surface area (Å²) in [4.78, 5) is 13.4. The number of carbonyl (C=O) groups is 1. The molecular weight excluding hydrogens is 412 g/mol. The third-order valence-corrected chi connectivity index (χ3v) is 8.36. The highest BCUT2D eigenvalue weighted by Crippen LogP contribution is 2.38. The molecule has 1 saturated carbocycles. The van der Waals surface area contributed by atoms with Crippen LogP contribution in [0.2, 0.25) is 0 Å². The SMILES string of the molecule is O=C(Nc1n[nH]c2ccc(N3CCCS3(=O)=O)cc12)C(c1ccccc1)C1CCCC1. The van der Waals surface area contributed by atoms with Crippen molar-refractivity contribution in [2.75, 3.05) is 21.9 Å². The van der Waals surface area contributed by atoms with Gasteiger partial charge in [-0.1, -0.05) is 43.2 Å². The average molecular weight is 439 g/mol. The first kappa shape index (κ1) is 20.1. The fourth-order valence-corrected chi connectivity index (χ4v) is 6.52. The highest BCUT2D eigenvalue weighted by Gasteiger charge is 2.33. The summed E-state index contributed by atoms with van der Waals surface area (Å²) < 4.78 is 26.1. The van der Waals surface area contributed by atoms with Crippen LogP contribution in [-0.4, -0.2) is 36.8 Å². The van der Waals surface area contributed by atoms with Gasteiger partial charge in [0.2, 0.25) is 15.9 Å². The van der Waals surface area contributed by atoms with Crippen molar-refractivity contribution in [3.05, 3.63) is 54.1 Å². The zero-order valence-corrected chi connectivity index (χ0v) is 18.1. The first-order valence-electron chi connectivity index (χ1n) is 10.9. The summed E-state index contributed by atoms with van der Waals surface area (Å²) in [6.07, 6.45) is 5.02. The van der Waals surface area contributed by atoms with Gasteiger partial charge < -0.3 is 5.32 Å². The van der Waals surface area contributed by atoms with Crippen LogP contribution >= 0.6 is 0 Å². The van der Waals surface area contributed by atoms with E-state index in [4.69, 9.17) is 0 Å². The highest BCUT2D eigenvalue weighted by atomic mass is 32.2.